The van der Waals surface area contributed by atoms with E-state index in [-0.39, 0.29) is 44.5 Å². The highest BCUT2D eigenvalue weighted by molar-refractivity contribution is 5.88. The van der Waals surface area contributed by atoms with Crippen LogP contribution >= 0.6 is 0 Å². The number of ether oxygens (including phenoxy) is 8. The van der Waals surface area contributed by atoms with E-state index in [2.05, 4.69) is 5.16 Å². The smallest absolute Gasteiger partial charge is 0.311 e. The van der Waals surface area contributed by atoms with E-state index < -0.39 is 114 Å². The third-order valence-corrected chi connectivity index (χ3v) is 12.6. The lowest BCUT2D eigenvalue weighted by molar-refractivity contribution is -0.321. The summed E-state index contributed by atoms with van der Waals surface area (Å²) in [6.45, 7) is 14.3. The second-order valence-corrected chi connectivity index (χ2v) is 17.7. The molecule has 3 fully saturated rings. The summed E-state index contributed by atoms with van der Waals surface area (Å²) in [6.07, 6.45) is -10.8. The first kappa shape index (κ1) is 51.7. The zero-order valence-electron chi connectivity index (χ0n) is 37.5. The Morgan fingerprint density at radius 1 is 0.915 bits per heavy atom. The van der Waals surface area contributed by atoms with Gasteiger partial charge in [0.05, 0.1) is 73.2 Å². The van der Waals surface area contributed by atoms with Gasteiger partial charge in [0, 0.05) is 44.4 Å². The number of nitrogens with zero attached hydrogens (tertiary/aromatic N) is 2. The molecular weight excluding hydrogens is 776 g/mol. The Bertz CT molecular complexity index is 1320. The number of carbonyl (C=O) groups is 1. The second-order valence-electron chi connectivity index (χ2n) is 17.7. The summed E-state index contributed by atoms with van der Waals surface area (Å²) in [5.41, 5.74) is -4.82. The molecule has 0 radical (unpaired) electrons. The first-order valence-electron chi connectivity index (χ1n) is 20.9. The Balaban J connectivity index is 2.26. The number of rotatable bonds is 14. The van der Waals surface area contributed by atoms with Gasteiger partial charge in [0.2, 0.25) is 6.79 Å². The van der Waals surface area contributed by atoms with Crippen molar-refractivity contribution in [1.29, 1.82) is 0 Å². The molecule has 0 aromatic heterocycles. The van der Waals surface area contributed by atoms with Gasteiger partial charge in [-0.2, -0.15) is 0 Å². The van der Waals surface area contributed by atoms with E-state index in [1.807, 2.05) is 25.9 Å². The molecule has 0 unspecified atom stereocenters. The molecule has 3 heterocycles. The Labute approximate surface area is 350 Å². The fourth-order valence-electron chi connectivity index (χ4n) is 8.90. The maximum atomic E-state index is 14.4. The van der Waals surface area contributed by atoms with Crippen LogP contribution in [0.2, 0.25) is 0 Å². The van der Waals surface area contributed by atoms with Crippen molar-refractivity contribution in [3.05, 3.63) is 0 Å². The Morgan fingerprint density at radius 3 is 2.15 bits per heavy atom. The lowest BCUT2D eigenvalue weighted by Crippen LogP contribution is -2.62. The van der Waals surface area contributed by atoms with Crippen LogP contribution in [-0.4, -0.2) is 186 Å². The average Bonchev–Trinajstić information content (AvgIpc) is 3.17. The predicted octanol–water partition coefficient (Wildman–Crippen LogP) is 1.18. The summed E-state index contributed by atoms with van der Waals surface area (Å²) in [5.74, 6) is -4.92. The molecule has 3 rings (SSSR count). The number of methoxy groups -OCH3 is 2. The molecule has 18 heteroatoms. The van der Waals surface area contributed by atoms with Crippen LogP contribution < -0.4 is 0 Å². The van der Waals surface area contributed by atoms with Crippen LogP contribution in [0.1, 0.15) is 88.0 Å². The molecular formula is C41H76N2O16. The van der Waals surface area contributed by atoms with Gasteiger partial charge >= 0.3 is 5.97 Å². The monoisotopic (exact) mass is 853 g/mol. The molecule has 18 nitrogen and oxygen atoms in total. The molecule has 59 heavy (non-hydrogen) atoms. The summed E-state index contributed by atoms with van der Waals surface area (Å²) in [4.78, 5) is 21.8. The summed E-state index contributed by atoms with van der Waals surface area (Å²) in [6, 6.07) is -0.391. The third-order valence-electron chi connectivity index (χ3n) is 12.6. The van der Waals surface area contributed by atoms with Crippen LogP contribution in [0.4, 0.5) is 0 Å². The molecule has 0 spiro atoms. The van der Waals surface area contributed by atoms with Gasteiger partial charge in [-0.3, -0.25) is 4.79 Å². The molecule has 0 aromatic rings. The highest BCUT2D eigenvalue weighted by Crippen LogP contribution is 2.41. The number of oxime groups is 1. The van der Waals surface area contributed by atoms with Crippen LogP contribution in [0.5, 0.6) is 0 Å². The molecule has 0 saturated carbocycles. The predicted molar refractivity (Wildman–Crippen MR) is 214 cm³/mol. The molecule has 0 amide bonds. The third kappa shape index (κ3) is 12.5. The van der Waals surface area contributed by atoms with E-state index in [0.29, 0.717) is 13.0 Å². The molecule has 6 N–H and O–H groups in total. The fourth-order valence-corrected chi connectivity index (χ4v) is 8.90. The number of hydrogen-bond donors (Lipinski definition) is 6. The van der Waals surface area contributed by atoms with Gasteiger partial charge in [0.25, 0.3) is 0 Å². The topological polar surface area (TPSA) is 237 Å². The quantitative estimate of drug-likeness (QED) is 0.0623. The lowest BCUT2D eigenvalue weighted by Gasteiger charge is -2.49. The summed E-state index contributed by atoms with van der Waals surface area (Å²) in [5, 5.41) is 75.0. The summed E-state index contributed by atoms with van der Waals surface area (Å²) in [7, 11) is 6.64. The Morgan fingerprint density at radius 2 is 1.58 bits per heavy atom. The van der Waals surface area contributed by atoms with Gasteiger partial charge in [0.15, 0.2) is 12.6 Å². The minimum absolute atomic E-state index is 0.0161. The molecule has 0 aromatic carbocycles. The van der Waals surface area contributed by atoms with Crippen molar-refractivity contribution in [1.82, 2.24) is 4.90 Å². The van der Waals surface area contributed by atoms with Crippen molar-refractivity contribution in [3.8, 4) is 0 Å². The van der Waals surface area contributed by atoms with Crippen LogP contribution in [0.15, 0.2) is 5.16 Å². The van der Waals surface area contributed by atoms with Crippen molar-refractivity contribution in [2.24, 2.45) is 28.8 Å². The van der Waals surface area contributed by atoms with E-state index in [1.165, 1.54) is 35.0 Å². The highest BCUT2D eigenvalue weighted by atomic mass is 16.7. The van der Waals surface area contributed by atoms with Crippen LogP contribution in [0, 0.1) is 23.7 Å². The normalized spacial score (nSPS) is 45.3. The lowest BCUT2D eigenvalue weighted by atomic mass is 9.73. The SMILES string of the molecule is CC[C@H]1OC(=O)[C@H](C)[C@@H](O[C@H]2C[C@@](C)(OC)[C@@H](O)[C@H](C)O2)[C@H](CO)[C@@H](O[C@@H]2O[C@H](C)C[C@H](N(C)C)[C@H]2O)[C@](C)(O)C[C@@H](C)/C(=N\OCOCCOC)[C@H](C)[C@@H](O)[C@]1(C)O. The fraction of sp³-hybridized carbons (Fsp3) is 0.951. The zero-order chi connectivity index (χ0) is 44.6. The molecule has 3 aliphatic rings. The second kappa shape index (κ2) is 22.1. The first-order valence-corrected chi connectivity index (χ1v) is 20.9. The summed E-state index contributed by atoms with van der Waals surface area (Å²) < 4.78 is 47.8. The Kier molecular flexibility index (Phi) is 19.4. The standard InChI is InChI=1S/C41H76N2O16/c1-14-29-41(9,50)34(46)24(4)31(42-54-21-53-16-15-51-12)22(2)18-39(7,49)36(59-38-32(45)28(43(10)11)17-23(3)55-38)27(20-44)33(25(5)37(48)57-29)58-30-19-40(8,52-13)35(47)26(6)56-30/h22-30,32-36,38,44-47,49-50H,14-21H2,1-13H3/b42-31+/t22-,23-,24+,25-,26+,27+,28+,29-,30+,32-,33-,34-,35+,36-,38+,39-,40-,41-/m1/s1. The minimum Gasteiger partial charge on any atom is -0.459 e. The maximum Gasteiger partial charge on any atom is 0.311 e. The van der Waals surface area contributed by atoms with Gasteiger partial charge in [-0.25, -0.2) is 0 Å². The molecule has 0 bridgehead atoms. The van der Waals surface area contributed by atoms with E-state index in [1.54, 1.807) is 34.6 Å². The number of aliphatic hydroxyl groups excluding tert-OH is 4. The van der Waals surface area contributed by atoms with Gasteiger partial charge in [-0.05, 0) is 74.9 Å². The number of esters is 1. The zero-order valence-corrected chi connectivity index (χ0v) is 37.5. The molecule has 346 valence electrons. The van der Waals surface area contributed by atoms with Crippen molar-refractivity contribution < 1.29 is 78.2 Å². The maximum absolute atomic E-state index is 14.4. The molecule has 0 aliphatic carbocycles. The Hall–Kier alpha value is -1.62. The number of cyclic esters (lactones) is 1. The van der Waals surface area contributed by atoms with Crippen LogP contribution in [-0.2, 0) is 47.5 Å². The van der Waals surface area contributed by atoms with E-state index in [0.717, 1.165) is 0 Å². The van der Waals surface area contributed by atoms with Crippen LogP contribution in [0.3, 0.4) is 0 Å². The van der Waals surface area contributed by atoms with E-state index in [4.69, 9.17) is 42.7 Å². The van der Waals surface area contributed by atoms with Gasteiger partial charge in [0.1, 0.15) is 23.9 Å². The number of carbonyl (C=O) groups excluding carboxylic acids is 1. The largest absolute Gasteiger partial charge is 0.459 e. The summed E-state index contributed by atoms with van der Waals surface area (Å²) >= 11 is 0. The average molecular weight is 853 g/mol. The van der Waals surface area contributed by atoms with Gasteiger partial charge in [-0.15, -0.1) is 0 Å². The van der Waals surface area contributed by atoms with Gasteiger partial charge < -0.3 is 78.3 Å². The van der Waals surface area contributed by atoms with Crippen LogP contribution in [0.25, 0.3) is 0 Å². The highest BCUT2D eigenvalue weighted by Gasteiger charge is 2.54. The van der Waals surface area contributed by atoms with Crippen molar-refractivity contribution in [3.63, 3.8) is 0 Å². The van der Waals surface area contributed by atoms with Crippen molar-refractivity contribution in [2.75, 3.05) is 54.9 Å². The first-order chi connectivity index (χ1) is 27.5. The number of aliphatic hydroxyl groups is 6. The van der Waals surface area contributed by atoms with Gasteiger partial charge in [-0.1, -0.05) is 25.9 Å². The molecule has 3 saturated heterocycles. The number of likely N-dealkylation sites (N-methyl/N-ethyl adjacent to an activating group) is 1. The van der Waals surface area contributed by atoms with Crippen molar-refractivity contribution >= 4 is 11.7 Å². The minimum atomic E-state index is -2.02. The van der Waals surface area contributed by atoms with E-state index in [9.17, 15) is 35.4 Å². The molecule has 3 aliphatic heterocycles. The van der Waals surface area contributed by atoms with E-state index >= 15 is 0 Å². The molecule has 18 atom stereocenters. The number of hydrogen-bond acceptors (Lipinski definition) is 18. The van der Waals surface area contributed by atoms with Crippen molar-refractivity contribution in [2.45, 2.75) is 172 Å².